The third-order valence-corrected chi connectivity index (χ3v) is 4.87. The molecule has 1 N–H and O–H groups in total. The Balaban J connectivity index is 1.60. The number of amides is 1. The van der Waals surface area contributed by atoms with Gasteiger partial charge < -0.3 is 14.2 Å². The van der Waals surface area contributed by atoms with Gasteiger partial charge in [0.25, 0.3) is 5.91 Å². The van der Waals surface area contributed by atoms with Gasteiger partial charge >= 0.3 is 0 Å². The SMILES string of the molecule is CCOc1ccccc1-c1cc(C(=O)N2CCn3cccc3C2C)[nH]n1. The predicted octanol–water partition coefficient (Wildman–Crippen LogP) is 3.49. The summed E-state index contributed by atoms with van der Waals surface area (Å²) >= 11 is 0. The molecule has 0 bridgehead atoms. The Morgan fingerprint density at radius 3 is 2.96 bits per heavy atom. The van der Waals surface area contributed by atoms with Gasteiger partial charge in [0.15, 0.2) is 0 Å². The average Bonchev–Trinajstić information content (AvgIpc) is 3.32. The van der Waals surface area contributed by atoms with Gasteiger partial charge in [0.2, 0.25) is 0 Å². The Morgan fingerprint density at radius 2 is 2.12 bits per heavy atom. The molecule has 0 saturated heterocycles. The zero-order chi connectivity index (χ0) is 18.1. The van der Waals surface area contributed by atoms with Crippen molar-refractivity contribution in [2.75, 3.05) is 13.2 Å². The molecule has 6 nitrogen and oxygen atoms in total. The molecule has 0 radical (unpaired) electrons. The summed E-state index contributed by atoms with van der Waals surface area (Å²) in [5.74, 6) is 0.738. The zero-order valence-corrected chi connectivity index (χ0v) is 15.0. The highest BCUT2D eigenvalue weighted by atomic mass is 16.5. The van der Waals surface area contributed by atoms with E-state index in [0.29, 0.717) is 24.5 Å². The Bertz CT molecular complexity index is 927. The number of carbonyl (C=O) groups excluding carboxylic acids is 1. The monoisotopic (exact) mass is 350 g/mol. The average molecular weight is 350 g/mol. The summed E-state index contributed by atoms with van der Waals surface area (Å²) in [5.41, 5.74) is 3.25. The number of para-hydroxylation sites is 1. The number of hydrogen-bond acceptors (Lipinski definition) is 3. The van der Waals surface area contributed by atoms with Gasteiger partial charge in [-0.1, -0.05) is 12.1 Å². The third-order valence-electron chi connectivity index (χ3n) is 4.87. The van der Waals surface area contributed by atoms with E-state index in [4.69, 9.17) is 4.74 Å². The van der Waals surface area contributed by atoms with Gasteiger partial charge in [-0.3, -0.25) is 9.89 Å². The number of rotatable bonds is 4. The van der Waals surface area contributed by atoms with Gasteiger partial charge in [0.1, 0.15) is 11.4 Å². The fourth-order valence-corrected chi connectivity index (χ4v) is 3.54. The smallest absolute Gasteiger partial charge is 0.272 e. The highest BCUT2D eigenvalue weighted by Gasteiger charge is 2.29. The summed E-state index contributed by atoms with van der Waals surface area (Å²) < 4.78 is 7.87. The van der Waals surface area contributed by atoms with E-state index in [1.807, 2.05) is 42.2 Å². The zero-order valence-electron chi connectivity index (χ0n) is 15.0. The molecule has 0 aliphatic carbocycles. The lowest BCUT2D eigenvalue weighted by Gasteiger charge is -2.34. The van der Waals surface area contributed by atoms with E-state index >= 15 is 0 Å². The normalized spacial score (nSPS) is 16.4. The van der Waals surface area contributed by atoms with Crippen LogP contribution in [0.2, 0.25) is 0 Å². The van der Waals surface area contributed by atoms with E-state index in [2.05, 4.69) is 34.0 Å². The molecule has 134 valence electrons. The largest absolute Gasteiger partial charge is 0.493 e. The van der Waals surface area contributed by atoms with E-state index in [9.17, 15) is 4.79 Å². The van der Waals surface area contributed by atoms with Gasteiger partial charge in [-0.25, -0.2) is 0 Å². The fraction of sp³-hybridized carbons (Fsp3) is 0.300. The van der Waals surface area contributed by atoms with Crippen LogP contribution in [0, 0.1) is 0 Å². The first-order valence-electron chi connectivity index (χ1n) is 8.92. The fourth-order valence-electron chi connectivity index (χ4n) is 3.54. The van der Waals surface area contributed by atoms with E-state index in [-0.39, 0.29) is 11.9 Å². The minimum Gasteiger partial charge on any atom is -0.493 e. The molecule has 1 amide bonds. The standard InChI is InChI=1S/C20H22N4O2/c1-3-26-19-9-5-4-7-15(19)16-13-17(22-21-16)20(25)24-12-11-23-10-6-8-18(23)14(24)2/h4-10,13-14H,3,11-12H2,1-2H3,(H,21,22). The van der Waals surface area contributed by atoms with Crippen LogP contribution in [0.1, 0.15) is 36.1 Å². The van der Waals surface area contributed by atoms with Crippen LogP contribution in [0.3, 0.4) is 0 Å². The Morgan fingerprint density at radius 1 is 1.27 bits per heavy atom. The molecular formula is C20H22N4O2. The lowest BCUT2D eigenvalue weighted by atomic mass is 10.1. The number of carbonyl (C=O) groups is 1. The molecule has 4 rings (SSSR count). The maximum Gasteiger partial charge on any atom is 0.272 e. The van der Waals surface area contributed by atoms with Gasteiger partial charge in [-0.05, 0) is 44.2 Å². The highest BCUT2D eigenvalue weighted by Crippen LogP contribution is 2.30. The topological polar surface area (TPSA) is 63.1 Å². The first-order valence-corrected chi connectivity index (χ1v) is 8.92. The molecule has 1 aliphatic heterocycles. The van der Waals surface area contributed by atoms with Crippen molar-refractivity contribution in [2.24, 2.45) is 0 Å². The first kappa shape index (κ1) is 16.4. The number of nitrogens with zero attached hydrogens (tertiary/aromatic N) is 3. The molecule has 26 heavy (non-hydrogen) atoms. The van der Waals surface area contributed by atoms with Crippen molar-refractivity contribution >= 4 is 5.91 Å². The van der Waals surface area contributed by atoms with Crippen molar-refractivity contribution in [3.63, 3.8) is 0 Å². The Kier molecular flexibility index (Phi) is 4.24. The van der Waals surface area contributed by atoms with Crippen LogP contribution >= 0.6 is 0 Å². The Hall–Kier alpha value is -3.02. The number of H-pyrrole nitrogens is 1. The van der Waals surface area contributed by atoms with E-state index < -0.39 is 0 Å². The summed E-state index contributed by atoms with van der Waals surface area (Å²) in [6, 6.07) is 13.7. The highest BCUT2D eigenvalue weighted by molar-refractivity contribution is 5.94. The molecule has 0 saturated carbocycles. The molecule has 0 fully saturated rings. The van der Waals surface area contributed by atoms with Crippen LogP contribution < -0.4 is 4.74 Å². The summed E-state index contributed by atoms with van der Waals surface area (Å²) in [6.07, 6.45) is 2.06. The molecule has 1 aromatic carbocycles. The molecule has 1 atom stereocenters. The van der Waals surface area contributed by atoms with Gasteiger partial charge in [0, 0.05) is 30.5 Å². The number of nitrogens with one attached hydrogen (secondary N) is 1. The molecule has 0 spiro atoms. The van der Waals surface area contributed by atoms with Crippen molar-refractivity contribution in [3.05, 3.63) is 60.0 Å². The summed E-state index contributed by atoms with van der Waals surface area (Å²) in [7, 11) is 0. The number of aromatic nitrogens is 3. The van der Waals surface area contributed by atoms with Crippen LogP contribution in [0.15, 0.2) is 48.7 Å². The van der Waals surface area contributed by atoms with Crippen molar-refractivity contribution < 1.29 is 9.53 Å². The molecule has 3 aromatic rings. The molecular weight excluding hydrogens is 328 g/mol. The lowest BCUT2D eigenvalue weighted by molar-refractivity contribution is 0.0638. The molecule has 2 aromatic heterocycles. The maximum absolute atomic E-state index is 13.0. The quantitative estimate of drug-likeness (QED) is 0.783. The van der Waals surface area contributed by atoms with E-state index in [0.717, 1.165) is 23.6 Å². The molecule has 6 heteroatoms. The summed E-state index contributed by atoms with van der Waals surface area (Å²) in [6.45, 7) is 6.09. The van der Waals surface area contributed by atoms with Crippen LogP contribution in [0.5, 0.6) is 5.75 Å². The second-order valence-corrected chi connectivity index (χ2v) is 6.40. The predicted molar refractivity (Wildman–Crippen MR) is 99.1 cm³/mol. The minimum atomic E-state index is -0.0300. The molecule has 1 aliphatic rings. The van der Waals surface area contributed by atoms with Crippen LogP contribution in [-0.2, 0) is 6.54 Å². The third kappa shape index (κ3) is 2.77. The van der Waals surface area contributed by atoms with Crippen LogP contribution in [-0.4, -0.2) is 38.7 Å². The van der Waals surface area contributed by atoms with E-state index in [1.54, 1.807) is 6.07 Å². The van der Waals surface area contributed by atoms with Gasteiger partial charge in [-0.15, -0.1) is 0 Å². The molecule has 3 heterocycles. The maximum atomic E-state index is 13.0. The second kappa shape index (κ2) is 6.71. The van der Waals surface area contributed by atoms with Crippen LogP contribution in [0.25, 0.3) is 11.3 Å². The number of fused-ring (bicyclic) bond motifs is 1. The van der Waals surface area contributed by atoms with Crippen molar-refractivity contribution in [1.29, 1.82) is 0 Å². The van der Waals surface area contributed by atoms with Crippen molar-refractivity contribution in [1.82, 2.24) is 19.7 Å². The van der Waals surface area contributed by atoms with Crippen molar-refractivity contribution in [3.8, 4) is 17.0 Å². The number of hydrogen-bond donors (Lipinski definition) is 1. The number of aromatic amines is 1. The van der Waals surface area contributed by atoms with Crippen LogP contribution in [0.4, 0.5) is 0 Å². The summed E-state index contributed by atoms with van der Waals surface area (Å²) in [5, 5.41) is 7.25. The molecule has 1 unspecified atom stereocenters. The van der Waals surface area contributed by atoms with Gasteiger partial charge in [-0.2, -0.15) is 5.10 Å². The minimum absolute atomic E-state index is 0.0300. The Labute approximate surface area is 152 Å². The van der Waals surface area contributed by atoms with Crippen molar-refractivity contribution in [2.45, 2.75) is 26.4 Å². The number of benzene rings is 1. The second-order valence-electron chi connectivity index (χ2n) is 6.40. The number of ether oxygens (including phenoxy) is 1. The lowest BCUT2D eigenvalue weighted by Crippen LogP contribution is -2.40. The first-order chi connectivity index (χ1) is 12.7. The van der Waals surface area contributed by atoms with E-state index in [1.165, 1.54) is 0 Å². The van der Waals surface area contributed by atoms with Gasteiger partial charge in [0.05, 0.1) is 18.3 Å². The summed E-state index contributed by atoms with van der Waals surface area (Å²) in [4.78, 5) is 14.9.